The molecule has 4 nitrogen and oxygen atoms in total. The molecule has 0 fully saturated rings. The molecule has 0 radical (unpaired) electrons. The van der Waals surface area contributed by atoms with Crippen LogP contribution in [0.3, 0.4) is 0 Å². The largest absolute Gasteiger partial charge is 0.491 e. The zero-order chi connectivity index (χ0) is 15.2. The molecule has 5 heteroatoms. The van der Waals surface area contributed by atoms with Crippen molar-refractivity contribution in [3.05, 3.63) is 54.4 Å². The predicted octanol–water partition coefficient (Wildman–Crippen LogP) is 4.57. The lowest BCUT2D eigenvalue weighted by molar-refractivity contribution is 0.267. The highest BCUT2D eigenvalue weighted by Crippen LogP contribution is 2.26. The number of alkyl halides is 1. The molecule has 0 N–H and O–H groups in total. The normalized spacial score (nSPS) is 10.8. The van der Waals surface area contributed by atoms with Crippen LogP contribution >= 0.6 is 15.9 Å². The van der Waals surface area contributed by atoms with E-state index >= 15 is 0 Å². The number of para-hydroxylation sites is 2. The monoisotopic (exact) mass is 361 g/mol. The van der Waals surface area contributed by atoms with Gasteiger partial charge in [-0.15, -0.1) is 0 Å². The number of oxazole rings is 1. The fourth-order valence-electron chi connectivity index (χ4n) is 2.05. The molecule has 0 aliphatic carbocycles. The molecule has 1 aromatic heterocycles. The number of benzene rings is 2. The maximum atomic E-state index is 5.74. The molecule has 0 saturated heterocycles. The van der Waals surface area contributed by atoms with E-state index in [4.69, 9.17) is 13.9 Å². The maximum absolute atomic E-state index is 5.74. The fraction of sp³-hybridized carbons (Fsp3) is 0.235. The van der Waals surface area contributed by atoms with Crippen molar-refractivity contribution in [2.24, 2.45) is 0 Å². The van der Waals surface area contributed by atoms with Crippen LogP contribution in [-0.4, -0.2) is 16.9 Å². The molecule has 0 atom stereocenters. The molecule has 114 valence electrons. The third-order valence-corrected chi connectivity index (χ3v) is 3.63. The molecular formula is C17H16BrNO3. The van der Waals surface area contributed by atoms with Crippen LogP contribution in [0.4, 0.5) is 0 Å². The molecule has 0 saturated carbocycles. The van der Waals surface area contributed by atoms with Crippen molar-refractivity contribution in [2.75, 3.05) is 11.9 Å². The van der Waals surface area contributed by atoms with Crippen LogP contribution in [0.2, 0.25) is 0 Å². The van der Waals surface area contributed by atoms with Crippen molar-refractivity contribution in [2.45, 2.75) is 13.0 Å². The molecule has 0 aliphatic heterocycles. The quantitative estimate of drug-likeness (QED) is 0.456. The van der Waals surface area contributed by atoms with Crippen molar-refractivity contribution in [3.63, 3.8) is 0 Å². The first kappa shape index (κ1) is 14.9. The topological polar surface area (TPSA) is 44.5 Å². The van der Waals surface area contributed by atoms with Gasteiger partial charge in [0, 0.05) is 5.33 Å². The third kappa shape index (κ3) is 3.60. The van der Waals surface area contributed by atoms with E-state index < -0.39 is 0 Å². The van der Waals surface area contributed by atoms with E-state index in [-0.39, 0.29) is 0 Å². The van der Waals surface area contributed by atoms with Gasteiger partial charge >= 0.3 is 0 Å². The Morgan fingerprint density at radius 1 is 1.00 bits per heavy atom. The van der Waals surface area contributed by atoms with Crippen molar-refractivity contribution in [1.29, 1.82) is 0 Å². The summed E-state index contributed by atoms with van der Waals surface area (Å²) < 4.78 is 17.1. The van der Waals surface area contributed by atoms with E-state index in [1.807, 2.05) is 48.5 Å². The Bertz CT molecular complexity index is 727. The van der Waals surface area contributed by atoms with E-state index in [0.717, 1.165) is 28.8 Å². The first-order chi connectivity index (χ1) is 10.9. The Hall–Kier alpha value is -2.01. The molecule has 2 aromatic carbocycles. The molecule has 0 aliphatic rings. The predicted molar refractivity (Wildman–Crippen MR) is 88.7 cm³/mol. The number of nitrogens with zero attached hydrogens (tertiary/aromatic N) is 1. The standard InChI is InChI=1S/C17H16BrNO3/c18-10-5-11-20-14-8-4-9-15-17(14)19-16(22-15)12-21-13-6-2-1-3-7-13/h1-4,6-9H,5,10-12H2. The zero-order valence-electron chi connectivity index (χ0n) is 12.0. The van der Waals surface area contributed by atoms with Crippen molar-refractivity contribution < 1.29 is 13.9 Å². The van der Waals surface area contributed by atoms with Crippen LogP contribution in [0, 0.1) is 0 Å². The Labute approximate surface area is 137 Å². The van der Waals surface area contributed by atoms with E-state index in [1.54, 1.807) is 0 Å². The second-order valence-electron chi connectivity index (χ2n) is 4.70. The van der Waals surface area contributed by atoms with Crippen LogP contribution in [0.5, 0.6) is 11.5 Å². The average Bonchev–Trinajstić information content (AvgIpc) is 2.98. The molecule has 0 bridgehead atoms. The van der Waals surface area contributed by atoms with Gasteiger partial charge in [0.2, 0.25) is 5.89 Å². The Kier molecular flexibility index (Phi) is 4.96. The van der Waals surface area contributed by atoms with Crippen LogP contribution in [0.15, 0.2) is 52.9 Å². The average molecular weight is 362 g/mol. The third-order valence-electron chi connectivity index (χ3n) is 3.07. The molecule has 3 rings (SSSR count). The number of rotatable bonds is 7. The summed E-state index contributed by atoms with van der Waals surface area (Å²) in [5, 5.41) is 0.915. The van der Waals surface area contributed by atoms with Crippen LogP contribution in [0.1, 0.15) is 12.3 Å². The van der Waals surface area contributed by atoms with Crippen molar-refractivity contribution >= 4 is 27.0 Å². The summed E-state index contributed by atoms with van der Waals surface area (Å²) in [5.74, 6) is 2.07. The van der Waals surface area contributed by atoms with E-state index in [1.165, 1.54) is 0 Å². The molecule has 0 spiro atoms. The minimum absolute atomic E-state index is 0.291. The number of ether oxygens (including phenoxy) is 2. The van der Waals surface area contributed by atoms with Gasteiger partial charge in [0.05, 0.1) is 6.61 Å². The number of fused-ring (bicyclic) bond motifs is 1. The van der Waals surface area contributed by atoms with Crippen molar-refractivity contribution in [3.8, 4) is 11.5 Å². The fourth-order valence-corrected chi connectivity index (χ4v) is 2.27. The Morgan fingerprint density at radius 2 is 1.86 bits per heavy atom. The van der Waals surface area contributed by atoms with E-state index in [0.29, 0.717) is 24.7 Å². The molecule has 3 aromatic rings. The molecule has 0 unspecified atom stereocenters. The number of hydrogen-bond acceptors (Lipinski definition) is 4. The van der Waals surface area contributed by atoms with E-state index in [9.17, 15) is 0 Å². The van der Waals surface area contributed by atoms with Crippen LogP contribution in [0.25, 0.3) is 11.1 Å². The highest BCUT2D eigenvalue weighted by molar-refractivity contribution is 9.09. The lowest BCUT2D eigenvalue weighted by Crippen LogP contribution is -1.98. The minimum Gasteiger partial charge on any atom is -0.491 e. The van der Waals surface area contributed by atoms with Crippen LogP contribution < -0.4 is 9.47 Å². The van der Waals surface area contributed by atoms with Gasteiger partial charge in [-0.2, -0.15) is 0 Å². The Morgan fingerprint density at radius 3 is 2.68 bits per heavy atom. The Balaban J connectivity index is 1.73. The minimum atomic E-state index is 0.291. The van der Waals surface area contributed by atoms with Gasteiger partial charge in [-0.25, -0.2) is 4.98 Å². The summed E-state index contributed by atoms with van der Waals surface area (Å²) in [7, 11) is 0. The summed E-state index contributed by atoms with van der Waals surface area (Å²) in [4.78, 5) is 4.48. The SMILES string of the molecule is BrCCCOc1cccc2oc(COc3ccccc3)nc12. The van der Waals surface area contributed by atoms with Gasteiger partial charge < -0.3 is 13.9 Å². The van der Waals surface area contributed by atoms with Crippen molar-refractivity contribution in [1.82, 2.24) is 4.98 Å². The number of aromatic nitrogens is 1. The summed E-state index contributed by atoms with van der Waals surface area (Å²) >= 11 is 3.39. The smallest absolute Gasteiger partial charge is 0.233 e. The van der Waals surface area contributed by atoms with Gasteiger partial charge in [0.1, 0.15) is 11.5 Å². The maximum Gasteiger partial charge on any atom is 0.233 e. The van der Waals surface area contributed by atoms with Gasteiger partial charge in [-0.3, -0.25) is 0 Å². The first-order valence-corrected chi connectivity index (χ1v) is 8.24. The molecular weight excluding hydrogens is 346 g/mol. The molecule has 1 heterocycles. The highest BCUT2D eigenvalue weighted by Gasteiger charge is 2.11. The number of halogens is 1. The lowest BCUT2D eigenvalue weighted by atomic mass is 10.3. The first-order valence-electron chi connectivity index (χ1n) is 7.12. The number of hydrogen-bond donors (Lipinski definition) is 0. The summed E-state index contributed by atoms with van der Waals surface area (Å²) in [6, 6.07) is 15.3. The van der Waals surface area contributed by atoms with Gasteiger partial charge in [0.25, 0.3) is 0 Å². The summed E-state index contributed by atoms with van der Waals surface area (Å²) in [5.41, 5.74) is 1.45. The summed E-state index contributed by atoms with van der Waals surface area (Å²) in [6.07, 6.45) is 0.943. The molecule has 22 heavy (non-hydrogen) atoms. The molecule has 0 amide bonds. The highest BCUT2D eigenvalue weighted by atomic mass is 79.9. The zero-order valence-corrected chi connectivity index (χ0v) is 13.6. The van der Waals surface area contributed by atoms with Gasteiger partial charge in [-0.1, -0.05) is 40.2 Å². The van der Waals surface area contributed by atoms with E-state index in [2.05, 4.69) is 20.9 Å². The lowest BCUT2D eigenvalue weighted by Gasteiger charge is -2.04. The second kappa shape index (κ2) is 7.31. The van der Waals surface area contributed by atoms with Gasteiger partial charge in [-0.05, 0) is 30.7 Å². The van der Waals surface area contributed by atoms with Crippen LogP contribution in [-0.2, 0) is 6.61 Å². The second-order valence-corrected chi connectivity index (χ2v) is 5.50. The summed E-state index contributed by atoms with van der Waals surface area (Å²) in [6.45, 7) is 0.937. The van der Waals surface area contributed by atoms with Gasteiger partial charge in [0.15, 0.2) is 17.7 Å².